The third kappa shape index (κ3) is 5.68. The Kier molecular flexibility index (Phi) is 7.96. The highest BCUT2D eigenvalue weighted by molar-refractivity contribution is 5.79. The number of carbonyl (C=O) groups excluding carboxylic acids is 1. The molecule has 1 amide bonds. The molecule has 1 aliphatic carbocycles. The maximum atomic E-state index is 14.2. The number of halogens is 2. The molecule has 10 heteroatoms. The third-order valence-corrected chi connectivity index (χ3v) is 8.72. The van der Waals surface area contributed by atoms with Crippen molar-refractivity contribution >= 4 is 22.8 Å². The van der Waals surface area contributed by atoms with Gasteiger partial charge in [0.25, 0.3) is 6.43 Å². The average Bonchev–Trinajstić information content (AvgIpc) is 3.57. The Labute approximate surface area is 233 Å². The number of alkyl halides is 2. The van der Waals surface area contributed by atoms with Crippen LogP contribution in [0.1, 0.15) is 75.0 Å². The summed E-state index contributed by atoms with van der Waals surface area (Å²) in [4.78, 5) is 30.4. The number of morpholine rings is 1. The van der Waals surface area contributed by atoms with Crippen molar-refractivity contribution in [2.45, 2.75) is 77.2 Å². The van der Waals surface area contributed by atoms with Crippen LogP contribution in [-0.2, 0) is 16.0 Å². The van der Waals surface area contributed by atoms with Crippen LogP contribution in [0, 0.1) is 12.8 Å². The van der Waals surface area contributed by atoms with Gasteiger partial charge in [-0.3, -0.25) is 9.36 Å². The molecule has 1 aromatic carbocycles. The van der Waals surface area contributed by atoms with Crippen LogP contribution in [0.4, 0.5) is 14.6 Å². The Bertz CT molecular complexity index is 1350. The van der Waals surface area contributed by atoms with Crippen molar-refractivity contribution in [3.8, 4) is 5.82 Å². The first-order chi connectivity index (χ1) is 19.5. The molecule has 3 aliphatic rings. The summed E-state index contributed by atoms with van der Waals surface area (Å²) in [5, 5.41) is 0. The lowest BCUT2D eigenvalue weighted by atomic mass is 9.82. The summed E-state index contributed by atoms with van der Waals surface area (Å²) < 4.78 is 35.4. The zero-order valence-electron chi connectivity index (χ0n) is 23.2. The van der Waals surface area contributed by atoms with Crippen LogP contribution in [-0.4, -0.2) is 69.2 Å². The Morgan fingerprint density at radius 2 is 1.77 bits per heavy atom. The maximum Gasteiger partial charge on any atom is 0.296 e. The van der Waals surface area contributed by atoms with Crippen molar-refractivity contribution in [1.29, 1.82) is 0 Å². The summed E-state index contributed by atoms with van der Waals surface area (Å²) in [7, 11) is 0. The predicted octanol–water partition coefficient (Wildman–Crippen LogP) is 5.40. The molecule has 4 heterocycles. The maximum absolute atomic E-state index is 14.2. The van der Waals surface area contributed by atoms with Crippen LogP contribution in [0.2, 0.25) is 0 Å². The van der Waals surface area contributed by atoms with Crippen LogP contribution in [0.5, 0.6) is 0 Å². The second-order valence-electron chi connectivity index (χ2n) is 11.5. The number of amides is 1. The highest BCUT2D eigenvalue weighted by Crippen LogP contribution is 2.33. The number of rotatable bonds is 8. The number of benzene rings is 1. The van der Waals surface area contributed by atoms with Gasteiger partial charge in [0, 0.05) is 44.6 Å². The second-order valence-corrected chi connectivity index (χ2v) is 11.5. The smallest absolute Gasteiger partial charge is 0.296 e. The highest BCUT2D eigenvalue weighted by atomic mass is 19.3. The topological polar surface area (TPSA) is 76.4 Å². The second kappa shape index (κ2) is 11.8. The van der Waals surface area contributed by atoms with E-state index in [-0.39, 0.29) is 5.82 Å². The number of hydrogen-bond donors (Lipinski definition) is 0. The number of fused-ring (bicyclic) bond motifs is 1. The molecule has 3 aromatic rings. The molecule has 8 nitrogen and oxygen atoms in total. The van der Waals surface area contributed by atoms with E-state index in [1.807, 2.05) is 25.1 Å². The summed E-state index contributed by atoms with van der Waals surface area (Å²) >= 11 is 0. The number of carbonyl (C=O) groups is 1. The molecule has 0 unspecified atom stereocenters. The number of ether oxygens (including phenoxy) is 1. The molecule has 2 aromatic heterocycles. The molecule has 3 fully saturated rings. The lowest BCUT2D eigenvalue weighted by Crippen LogP contribution is -2.38. The largest absolute Gasteiger partial charge is 0.378 e. The van der Waals surface area contributed by atoms with E-state index in [4.69, 9.17) is 14.7 Å². The van der Waals surface area contributed by atoms with Gasteiger partial charge in [-0.15, -0.1) is 0 Å². The average molecular weight is 553 g/mol. The quantitative estimate of drug-likeness (QED) is 0.372. The normalized spacial score (nSPS) is 22.1. The highest BCUT2D eigenvalue weighted by Gasteiger charge is 2.31. The number of likely N-dealkylation sites (tertiary alicyclic amines) is 1. The van der Waals surface area contributed by atoms with Gasteiger partial charge in [0.05, 0.1) is 24.2 Å². The molecular weight excluding hydrogens is 514 g/mol. The summed E-state index contributed by atoms with van der Waals surface area (Å²) in [5.41, 5.74) is 2.13. The zero-order valence-corrected chi connectivity index (χ0v) is 23.2. The fraction of sp³-hybridized carbons (Fsp3) is 0.600. The first kappa shape index (κ1) is 27.1. The lowest BCUT2D eigenvalue weighted by molar-refractivity contribution is -0.130. The van der Waals surface area contributed by atoms with E-state index in [0.29, 0.717) is 79.7 Å². The van der Waals surface area contributed by atoms with Crippen molar-refractivity contribution in [2.75, 3.05) is 37.7 Å². The van der Waals surface area contributed by atoms with Gasteiger partial charge in [0.1, 0.15) is 17.5 Å². The molecule has 40 heavy (non-hydrogen) atoms. The van der Waals surface area contributed by atoms with Gasteiger partial charge in [0.2, 0.25) is 5.91 Å². The fourth-order valence-corrected chi connectivity index (χ4v) is 6.59. The van der Waals surface area contributed by atoms with Crippen molar-refractivity contribution in [1.82, 2.24) is 24.4 Å². The van der Waals surface area contributed by atoms with Gasteiger partial charge in [-0.05, 0) is 69.1 Å². The molecule has 0 bridgehead atoms. The third-order valence-electron chi connectivity index (χ3n) is 8.72. The van der Waals surface area contributed by atoms with Crippen molar-refractivity contribution < 1.29 is 18.3 Å². The van der Waals surface area contributed by atoms with Gasteiger partial charge < -0.3 is 14.5 Å². The summed E-state index contributed by atoms with van der Waals surface area (Å²) in [6.07, 6.45) is 6.15. The molecule has 214 valence electrons. The molecule has 0 spiro atoms. The van der Waals surface area contributed by atoms with Crippen LogP contribution < -0.4 is 4.90 Å². The molecule has 0 atom stereocenters. The Morgan fingerprint density at radius 3 is 2.50 bits per heavy atom. The van der Waals surface area contributed by atoms with E-state index < -0.39 is 6.43 Å². The fourth-order valence-electron chi connectivity index (χ4n) is 6.59. The van der Waals surface area contributed by atoms with Crippen LogP contribution >= 0.6 is 0 Å². The van der Waals surface area contributed by atoms with E-state index in [1.165, 1.54) is 4.57 Å². The van der Waals surface area contributed by atoms with E-state index in [2.05, 4.69) is 14.8 Å². The van der Waals surface area contributed by atoms with E-state index in [0.717, 1.165) is 62.9 Å². The minimum atomic E-state index is -2.73. The van der Waals surface area contributed by atoms with E-state index in [1.54, 1.807) is 6.07 Å². The molecule has 1 saturated carbocycles. The van der Waals surface area contributed by atoms with Crippen LogP contribution in [0.15, 0.2) is 24.3 Å². The number of anilines is 1. The monoisotopic (exact) mass is 552 g/mol. The number of hydrogen-bond acceptors (Lipinski definition) is 6. The zero-order chi connectivity index (χ0) is 27.6. The predicted molar refractivity (Wildman–Crippen MR) is 149 cm³/mol. The summed E-state index contributed by atoms with van der Waals surface area (Å²) in [6.45, 7) is 5.48. The number of nitrogens with zero attached hydrogens (tertiary/aromatic N) is 6. The van der Waals surface area contributed by atoms with Gasteiger partial charge >= 0.3 is 0 Å². The van der Waals surface area contributed by atoms with Crippen molar-refractivity contribution in [2.24, 2.45) is 5.92 Å². The lowest BCUT2D eigenvalue weighted by Gasteiger charge is -2.34. The molecular formula is C30H38F2N6O2. The molecule has 0 N–H and O–H groups in total. The first-order valence-corrected chi connectivity index (χ1v) is 14.7. The van der Waals surface area contributed by atoms with Gasteiger partial charge in [-0.2, -0.15) is 0 Å². The molecule has 0 radical (unpaired) electrons. The Balaban J connectivity index is 1.21. The van der Waals surface area contributed by atoms with Crippen molar-refractivity contribution in [3.05, 3.63) is 41.5 Å². The first-order valence-electron chi connectivity index (χ1n) is 14.7. The van der Waals surface area contributed by atoms with Gasteiger partial charge in [0.15, 0.2) is 5.82 Å². The Hall–Kier alpha value is -3.14. The minimum absolute atomic E-state index is 0.300. The molecule has 2 aliphatic heterocycles. The van der Waals surface area contributed by atoms with Crippen LogP contribution in [0.3, 0.4) is 0 Å². The SMILES string of the molecule is Cc1ccc2nc(C(F)F)n(-c3cc(N4CCOCC4)nc(CCC[C@H]4CC[C@H](N5CCCC5=O)CC4)n3)c2c1. The summed E-state index contributed by atoms with van der Waals surface area (Å²) in [6, 6.07) is 7.78. The van der Waals surface area contributed by atoms with E-state index >= 15 is 0 Å². The Morgan fingerprint density at radius 1 is 1.00 bits per heavy atom. The number of aryl methyl sites for hydroxylation is 2. The minimum Gasteiger partial charge on any atom is -0.378 e. The van der Waals surface area contributed by atoms with Gasteiger partial charge in [-0.25, -0.2) is 23.7 Å². The van der Waals surface area contributed by atoms with Crippen LogP contribution in [0.25, 0.3) is 16.9 Å². The standard InChI is InChI=1S/C30H38F2N6O2/c1-20-7-12-23-24(18-20)38(30(33-23)29(31)32)27-19-26(36-14-16-40-17-15-36)34-25(35-27)5-2-4-21-8-10-22(11-9-21)37-13-3-6-28(37)39/h7,12,18-19,21-22,29H,2-6,8-11,13-17H2,1H3/t21-,22-. The summed E-state index contributed by atoms with van der Waals surface area (Å²) in [5.74, 6) is 2.52. The van der Waals surface area contributed by atoms with Crippen molar-refractivity contribution in [3.63, 3.8) is 0 Å². The van der Waals surface area contributed by atoms with E-state index in [9.17, 15) is 13.6 Å². The van der Waals surface area contributed by atoms with Gasteiger partial charge in [-0.1, -0.05) is 12.5 Å². The number of aromatic nitrogens is 4. The molecule has 2 saturated heterocycles. The molecule has 6 rings (SSSR count). The number of imidazole rings is 1.